The second-order valence-corrected chi connectivity index (χ2v) is 6.01. The zero-order valence-electron chi connectivity index (χ0n) is 15.6. The summed E-state index contributed by atoms with van der Waals surface area (Å²) in [5, 5.41) is 3.09. The largest absolute Gasteiger partial charge is 0.376 e. The molecule has 5 nitrogen and oxygen atoms in total. The summed E-state index contributed by atoms with van der Waals surface area (Å²) in [6, 6.07) is 16.6. The van der Waals surface area contributed by atoms with Crippen molar-refractivity contribution in [2.45, 2.75) is 0 Å². The molecule has 0 saturated carbocycles. The molecule has 2 aromatic carbocycles. The second-order valence-electron chi connectivity index (χ2n) is 6.01. The molecule has 0 bridgehead atoms. The molecular formula is C22H25N3O2. The van der Waals surface area contributed by atoms with E-state index in [0.717, 1.165) is 5.69 Å². The van der Waals surface area contributed by atoms with Gasteiger partial charge in [-0.25, -0.2) is 0 Å². The zero-order chi connectivity index (χ0) is 19.6. The summed E-state index contributed by atoms with van der Waals surface area (Å²) in [6.45, 7) is 8.39. The van der Waals surface area contributed by atoms with Gasteiger partial charge in [-0.15, -0.1) is 13.2 Å². The van der Waals surface area contributed by atoms with Crippen LogP contribution in [0.4, 0.5) is 11.4 Å². The van der Waals surface area contributed by atoms with Crippen molar-refractivity contribution in [3.05, 3.63) is 85.5 Å². The molecule has 0 aliphatic heterocycles. The van der Waals surface area contributed by atoms with Gasteiger partial charge < -0.3 is 15.1 Å². The Morgan fingerprint density at radius 2 is 1.67 bits per heavy atom. The van der Waals surface area contributed by atoms with E-state index in [2.05, 4.69) is 18.5 Å². The Hall–Kier alpha value is -3.34. The van der Waals surface area contributed by atoms with Crippen LogP contribution >= 0.6 is 0 Å². The van der Waals surface area contributed by atoms with Crippen LogP contribution in [-0.2, 0) is 4.79 Å². The highest BCUT2D eigenvalue weighted by Gasteiger charge is 2.14. The van der Waals surface area contributed by atoms with E-state index in [1.807, 2.05) is 36.4 Å². The SMILES string of the molecule is C=CCN(CC=C)C(=O)CNc1cccc(C(=O)N(C)c2ccccc2)c1. The summed E-state index contributed by atoms with van der Waals surface area (Å²) < 4.78 is 0. The number of amides is 2. The first-order valence-electron chi connectivity index (χ1n) is 8.73. The van der Waals surface area contributed by atoms with Crippen molar-refractivity contribution in [3.63, 3.8) is 0 Å². The van der Waals surface area contributed by atoms with Gasteiger partial charge in [0.2, 0.25) is 5.91 Å². The number of carbonyl (C=O) groups excluding carboxylic acids is 2. The van der Waals surface area contributed by atoms with Crippen molar-refractivity contribution in [2.75, 3.05) is 36.9 Å². The molecule has 2 aromatic rings. The molecule has 0 aromatic heterocycles. The van der Waals surface area contributed by atoms with Gasteiger partial charge in [-0.05, 0) is 30.3 Å². The third-order valence-corrected chi connectivity index (χ3v) is 4.05. The van der Waals surface area contributed by atoms with Crippen LogP contribution in [0.25, 0.3) is 0 Å². The van der Waals surface area contributed by atoms with Crippen LogP contribution in [0, 0.1) is 0 Å². The molecule has 140 valence electrons. The molecule has 0 heterocycles. The Labute approximate surface area is 160 Å². The average molecular weight is 363 g/mol. The Bertz CT molecular complexity index is 792. The predicted octanol–water partition coefficient (Wildman–Crippen LogP) is 3.58. The van der Waals surface area contributed by atoms with Gasteiger partial charge in [0.15, 0.2) is 0 Å². The molecule has 27 heavy (non-hydrogen) atoms. The van der Waals surface area contributed by atoms with Crippen molar-refractivity contribution >= 4 is 23.2 Å². The summed E-state index contributed by atoms with van der Waals surface area (Å²) >= 11 is 0. The Morgan fingerprint density at radius 3 is 2.30 bits per heavy atom. The molecule has 5 heteroatoms. The molecule has 0 aliphatic rings. The van der Waals surface area contributed by atoms with Crippen LogP contribution in [-0.4, -0.2) is 43.4 Å². The summed E-state index contributed by atoms with van der Waals surface area (Å²) in [7, 11) is 1.74. The summed E-state index contributed by atoms with van der Waals surface area (Å²) in [6.07, 6.45) is 3.36. The highest BCUT2D eigenvalue weighted by molar-refractivity contribution is 6.06. The van der Waals surface area contributed by atoms with Crippen molar-refractivity contribution in [2.24, 2.45) is 0 Å². The van der Waals surface area contributed by atoms with Crippen LogP contribution in [0.15, 0.2) is 79.9 Å². The van der Waals surface area contributed by atoms with E-state index < -0.39 is 0 Å². The highest BCUT2D eigenvalue weighted by Crippen LogP contribution is 2.17. The number of hydrogen-bond acceptors (Lipinski definition) is 3. The Morgan fingerprint density at radius 1 is 1.00 bits per heavy atom. The summed E-state index contributed by atoms with van der Waals surface area (Å²) in [5.41, 5.74) is 2.08. The van der Waals surface area contributed by atoms with Crippen molar-refractivity contribution in [3.8, 4) is 0 Å². The van der Waals surface area contributed by atoms with Crippen LogP contribution < -0.4 is 10.2 Å². The lowest BCUT2D eigenvalue weighted by molar-refractivity contribution is -0.128. The van der Waals surface area contributed by atoms with Gasteiger partial charge in [0.05, 0.1) is 6.54 Å². The van der Waals surface area contributed by atoms with E-state index in [9.17, 15) is 9.59 Å². The standard InChI is InChI=1S/C22H25N3O2/c1-4-14-25(15-5-2)21(26)17-23-19-11-9-10-18(16-19)22(27)24(3)20-12-7-6-8-13-20/h4-13,16,23H,1-2,14-15,17H2,3H3. The van der Waals surface area contributed by atoms with Crippen LogP contribution in [0.3, 0.4) is 0 Å². The van der Waals surface area contributed by atoms with E-state index in [0.29, 0.717) is 24.3 Å². The number of anilines is 2. The predicted molar refractivity (Wildman–Crippen MR) is 111 cm³/mol. The average Bonchev–Trinajstić information content (AvgIpc) is 2.71. The van der Waals surface area contributed by atoms with Crippen LogP contribution in [0.2, 0.25) is 0 Å². The van der Waals surface area contributed by atoms with Gasteiger partial charge in [-0.2, -0.15) is 0 Å². The van der Waals surface area contributed by atoms with Crippen molar-refractivity contribution < 1.29 is 9.59 Å². The van der Waals surface area contributed by atoms with Gasteiger partial charge in [0, 0.05) is 37.1 Å². The van der Waals surface area contributed by atoms with E-state index in [1.54, 1.807) is 47.2 Å². The lowest BCUT2D eigenvalue weighted by Gasteiger charge is -2.20. The summed E-state index contributed by atoms with van der Waals surface area (Å²) in [4.78, 5) is 28.3. The number of carbonyl (C=O) groups is 2. The second kappa shape index (κ2) is 9.97. The molecule has 0 saturated heterocycles. The number of benzene rings is 2. The first kappa shape index (κ1) is 20.0. The minimum atomic E-state index is -0.115. The lowest BCUT2D eigenvalue weighted by atomic mass is 10.1. The molecular weight excluding hydrogens is 338 g/mol. The fraction of sp³-hybridized carbons (Fsp3) is 0.182. The van der Waals surface area contributed by atoms with Gasteiger partial charge in [0.1, 0.15) is 0 Å². The number of nitrogens with zero attached hydrogens (tertiary/aromatic N) is 2. The van der Waals surface area contributed by atoms with Gasteiger partial charge in [0.25, 0.3) is 5.91 Å². The Balaban J connectivity index is 2.04. The monoisotopic (exact) mass is 363 g/mol. The van der Waals surface area contributed by atoms with Crippen molar-refractivity contribution in [1.29, 1.82) is 0 Å². The molecule has 0 aliphatic carbocycles. The zero-order valence-corrected chi connectivity index (χ0v) is 15.6. The number of nitrogens with one attached hydrogen (secondary N) is 1. The maximum Gasteiger partial charge on any atom is 0.258 e. The molecule has 2 rings (SSSR count). The van der Waals surface area contributed by atoms with Gasteiger partial charge >= 0.3 is 0 Å². The van der Waals surface area contributed by atoms with E-state index in [-0.39, 0.29) is 18.4 Å². The lowest BCUT2D eigenvalue weighted by Crippen LogP contribution is -2.35. The maximum atomic E-state index is 12.7. The number of hydrogen-bond donors (Lipinski definition) is 1. The number of rotatable bonds is 9. The first-order chi connectivity index (χ1) is 13.1. The van der Waals surface area contributed by atoms with Crippen molar-refractivity contribution in [1.82, 2.24) is 4.90 Å². The molecule has 0 atom stereocenters. The fourth-order valence-corrected chi connectivity index (χ4v) is 2.60. The molecule has 2 amide bonds. The van der Waals surface area contributed by atoms with E-state index in [4.69, 9.17) is 0 Å². The highest BCUT2D eigenvalue weighted by atomic mass is 16.2. The minimum absolute atomic E-state index is 0.0621. The molecule has 0 radical (unpaired) electrons. The fourth-order valence-electron chi connectivity index (χ4n) is 2.60. The van der Waals surface area contributed by atoms with Crippen LogP contribution in [0.5, 0.6) is 0 Å². The first-order valence-corrected chi connectivity index (χ1v) is 8.73. The number of para-hydroxylation sites is 1. The third kappa shape index (κ3) is 5.57. The maximum absolute atomic E-state index is 12.7. The molecule has 0 fully saturated rings. The molecule has 0 unspecified atom stereocenters. The van der Waals surface area contributed by atoms with Crippen LogP contribution in [0.1, 0.15) is 10.4 Å². The summed E-state index contributed by atoms with van der Waals surface area (Å²) in [5.74, 6) is -0.177. The van der Waals surface area contributed by atoms with Gasteiger partial charge in [-0.3, -0.25) is 9.59 Å². The van der Waals surface area contributed by atoms with Gasteiger partial charge in [-0.1, -0.05) is 36.4 Å². The third-order valence-electron chi connectivity index (χ3n) is 4.05. The normalized spacial score (nSPS) is 9.96. The van der Waals surface area contributed by atoms with E-state index >= 15 is 0 Å². The quantitative estimate of drug-likeness (QED) is 0.693. The van der Waals surface area contributed by atoms with E-state index in [1.165, 1.54) is 0 Å². The molecule has 1 N–H and O–H groups in total. The minimum Gasteiger partial charge on any atom is -0.376 e. The topological polar surface area (TPSA) is 52.7 Å². The Kier molecular flexibility index (Phi) is 7.37. The smallest absolute Gasteiger partial charge is 0.258 e. The molecule has 0 spiro atoms.